The molecule has 1 aromatic carbocycles. The Labute approximate surface area is 168 Å². The lowest BCUT2D eigenvalue weighted by Crippen LogP contribution is -2.87. The van der Waals surface area contributed by atoms with E-state index >= 15 is 0 Å². The number of nitrogens with two attached hydrogens (primary N) is 1. The van der Waals surface area contributed by atoms with Crippen LogP contribution in [-0.2, 0) is 19.6 Å². The topological polar surface area (TPSA) is 94.6 Å². The Hall–Kier alpha value is -1.97. The van der Waals surface area contributed by atoms with Crippen molar-refractivity contribution in [1.82, 2.24) is 14.1 Å². The quantitative estimate of drug-likeness (QED) is 0.579. The first kappa shape index (κ1) is 24.1. The molecule has 28 heavy (non-hydrogen) atoms. The highest BCUT2D eigenvalue weighted by molar-refractivity contribution is 7.89. The second kappa shape index (κ2) is 10.5. The summed E-state index contributed by atoms with van der Waals surface area (Å²) in [7, 11) is 1.44. The molecule has 0 radical (unpaired) electrons. The molecule has 0 aliphatic rings. The Morgan fingerprint density at radius 2 is 1.54 bits per heavy atom. The summed E-state index contributed by atoms with van der Waals surface area (Å²) in [5, 5.41) is 1.87. The molecule has 0 fully saturated rings. The van der Waals surface area contributed by atoms with E-state index in [0.29, 0.717) is 13.1 Å². The van der Waals surface area contributed by atoms with E-state index in [1.54, 1.807) is 45.4 Å². The summed E-state index contributed by atoms with van der Waals surface area (Å²) < 4.78 is 26.5. The summed E-state index contributed by atoms with van der Waals surface area (Å²) in [5.41, 5.74) is 0.929. The highest BCUT2D eigenvalue weighted by atomic mass is 32.2. The van der Waals surface area contributed by atoms with Crippen molar-refractivity contribution in [3.8, 4) is 0 Å². The van der Waals surface area contributed by atoms with E-state index < -0.39 is 10.0 Å². The SMILES string of the molecule is CCN(CC)S(=O)(=O)c1ccc([C@@H](C)[NH2+]CC(=O)N(C)CC(=O)N(C)C)cc1. The number of quaternary nitrogens is 1. The molecule has 2 N–H and O–H groups in total. The molecule has 1 rings (SSSR count). The fourth-order valence-electron chi connectivity index (χ4n) is 2.66. The summed E-state index contributed by atoms with van der Waals surface area (Å²) >= 11 is 0. The van der Waals surface area contributed by atoms with Gasteiger partial charge in [-0.1, -0.05) is 26.0 Å². The number of nitrogens with zero attached hydrogens (tertiary/aromatic N) is 3. The molecule has 9 heteroatoms. The second-order valence-corrected chi connectivity index (χ2v) is 8.86. The highest BCUT2D eigenvalue weighted by Gasteiger charge is 2.22. The van der Waals surface area contributed by atoms with E-state index in [1.165, 1.54) is 14.1 Å². The van der Waals surface area contributed by atoms with E-state index in [1.807, 2.05) is 26.1 Å². The van der Waals surface area contributed by atoms with Crippen molar-refractivity contribution in [2.75, 3.05) is 47.3 Å². The molecule has 0 spiro atoms. The standard InChI is InChI=1S/C19H32N4O4S/c1-7-23(8-2)28(26,27)17-11-9-16(10-12-17)15(3)20-13-18(24)22(6)14-19(25)21(4)5/h9-12,15,20H,7-8,13-14H2,1-6H3/p+1/t15-/m1/s1. The molecule has 0 unspecified atom stereocenters. The van der Waals surface area contributed by atoms with Crippen LogP contribution >= 0.6 is 0 Å². The van der Waals surface area contributed by atoms with Gasteiger partial charge >= 0.3 is 0 Å². The number of sulfonamides is 1. The molecule has 0 bridgehead atoms. The number of benzene rings is 1. The van der Waals surface area contributed by atoms with Crippen molar-refractivity contribution in [2.45, 2.75) is 31.7 Å². The van der Waals surface area contributed by atoms with Crippen LogP contribution in [0, 0.1) is 0 Å². The fourth-order valence-corrected chi connectivity index (χ4v) is 4.12. The Morgan fingerprint density at radius 1 is 1.00 bits per heavy atom. The van der Waals surface area contributed by atoms with E-state index in [9.17, 15) is 18.0 Å². The van der Waals surface area contributed by atoms with Crippen molar-refractivity contribution in [1.29, 1.82) is 0 Å². The number of hydrogen-bond acceptors (Lipinski definition) is 4. The van der Waals surface area contributed by atoms with E-state index in [2.05, 4.69) is 0 Å². The van der Waals surface area contributed by atoms with Crippen LogP contribution < -0.4 is 5.32 Å². The molecule has 0 aromatic heterocycles. The van der Waals surface area contributed by atoms with Gasteiger partial charge in [0.25, 0.3) is 5.91 Å². The van der Waals surface area contributed by atoms with Crippen molar-refractivity contribution in [3.63, 3.8) is 0 Å². The molecule has 158 valence electrons. The largest absolute Gasteiger partial charge is 0.347 e. The Bertz CT molecular complexity index is 759. The van der Waals surface area contributed by atoms with Gasteiger partial charge in [0.15, 0.2) is 6.54 Å². The Morgan fingerprint density at radius 3 is 2.00 bits per heavy atom. The number of carbonyl (C=O) groups excluding carboxylic acids is 2. The molecule has 0 aliphatic carbocycles. The smallest absolute Gasteiger partial charge is 0.277 e. The molecule has 0 saturated heterocycles. The van der Waals surface area contributed by atoms with Crippen molar-refractivity contribution >= 4 is 21.8 Å². The lowest BCUT2D eigenvalue weighted by molar-refractivity contribution is -0.683. The van der Waals surface area contributed by atoms with Gasteiger partial charge in [0.1, 0.15) is 6.04 Å². The maximum atomic E-state index is 12.5. The molecule has 0 saturated carbocycles. The minimum Gasteiger partial charge on any atom is -0.347 e. The molecule has 0 aliphatic heterocycles. The summed E-state index contributed by atoms with van der Waals surface area (Å²) in [6.07, 6.45) is 0. The van der Waals surface area contributed by atoms with Gasteiger partial charge in [-0.2, -0.15) is 4.31 Å². The monoisotopic (exact) mass is 413 g/mol. The Balaban J connectivity index is 2.70. The summed E-state index contributed by atoms with van der Waals surface area (Å²) in [6.45, 7) is 6.68. The number of hydrogen-bond donors (Lipinski definition) is 1. The highest BCUT2D eigenvalue weighted by Crippen LogP contribution is 2.18. The zero-order valence-corrected chi connectivity index (χ0v) is 18.5. The van der Waals surface area contributed by atoms with Gasteiger partial charge in [-0.15, -0.1) is 0 Å². The zero-order valence-electron chi connectivity index (χ0n) is 17.7. The average Bonchev–Trinajstić information content (AvgIpc) is 2.66. The van der Waals surface area contributed by atoms with Crippen molar-refractivity contribution in [3.05, 3.63) is 29.8 Å². The second-order valence-electron chi connectivity index (χ2n) is 6.92. The van der Waals surface area contributed by atoms with Gasteiger partial charge in [-0.25, -0.2) is 8.42 Å². The van der Waals surface area contributed by atoms with Crippen LogP contribution in [0.2, 0.25) is 0 Å². The van der Waals surface area contributed by atoms with E-state index in [4.69, 9.17) is 0 Å². The summed E-state index contributed by atoms with van der Waals surface area (Å²) in [5.74, 6) is -0.267. The first-order valence-corrected chi connectivity index (χ1v) is 10.9. The first-order chi connectivity index (χ1) is 13.0. The van der Waals surface area contributed by atoms with Gasteiger partial charge in [0.05, 0.1) is 11.4 Å². The van der Waals surface area contributed by atoms with Gasteiger partial charge in [0.2, 0.25) is 15.9 Å². The minimum atomic E-state index is -3.47. The lowest BCUT2D eigenvalue weighted by atomic mass is 10.1. The first-order valence-electron chi connectivity index (χ1n) is 9.42. The summed E-state index contributed by atoms with van der Waals surface area (Å²) in [4.78, 5) is 27.0. The van der Waals surface area contributed by atoms with Crippen LogP contribution in [0.15, 0.2) is 29.2 Å². The maximum absolute atomic E-state index is 12.5. The molecule has 8 nitrogen and oxygen atoms in total. The summed E-state index contributed by atoms with van der Waals surface area (Å²) in [6, 6.07) is 6.75. The van der Waals surface area contributed by atoms with E-state index in [0.717, 1.165) is 5.56 Å². The molecule has 1 aromatic rings. The van der Waals surface area contributed by atoms with Crippen LogP contribution in [-0.4, -0.2) is 81.7 Å². The van der Waals surface area contributed by atoms with Crippen molar-refractivity contribution < 1.29 is 23.3 Å². The maximum Gasteiger partial charge on any atom is 0.277 e. The normalized spacial score (nSPS) is 12.7. The van der Waals surface area contributed by atoms with Gasteiger partial charge in [-0.05, 0) is 19.1 Å². The molecule has 2 amide bonds. The minimum absolute atomic E-state index is 0.0212. The number of amides is 2. The number of likely N-dealkylation sites (N-methyl/N-ethyl adjacent to an activating group) is 2. The third-order valence-electron chi connectivity index (χ3n) is 4.69. The average molecular weight is 414 g/mol. The predicted molar refractivity (Wildman–Crippen MR) is 108 cm³/mol. The van der Waals surface area contributed by atoms with Crippen LogP contribution in [0.4, 0.5) is 0 Å². The van der Waals surface area contributed by atoms with Crippen LogP contribution in [0.3, 0.4) is 0 Å². The van der Waals surface area contributed by atoms with Crippen LogP contribution in [0.1, 0.15) is 32.4 Å². The lowest BCUT2D eigenvalue weighted by Gasteiger charge is -2.20. The fraction of sp³-hybridized carbons (Fsp3) is 0.579. The van der Waals surface area contributed by atoms with Crippen molar-refractivity contribution in [2.24, 2.45) is 0 Å². The number of rotatable bonds is 10. The predicted octanol–water partition coefficient (Wildman–Crippen LogP) is -0.112. The third kappa shape index (κ3) is 6.29. The zero-order chi connectivity index (χ0) is 21.5. The van der Waals surface area contributed by atoms with Crippen LogP contribution in [0.25, 0.3) is 0 Å². The number of carbonyl (C=O) groups is 2. The van der Waals surface area contributed by atoms with Crippen LogP contribution in [0.5, 0.6) is 0 Å². The molecule has 0 heterocycles. The molecule has 1 atom stereocenters. The molecular weight excluding hydrogens is 380 g/mol. The Kier molecular flexibility index (Phi) is 9.06. The third-order valence-corrected chi connectivity index (χ3v) is 6.76. The molecular formula is C19H33N4O4S+. The van der Waals surface area contributed by atoms with Gasteiger partial charge in [0, 0.05) is 39.8 Å². The van der Waals surface area contributed by atoms with Gasteiger partial charge in [-0.3, -0.25) is 9.59 Å². The van der Waals surface area contributed by atoms with E-state index in [-0.39, 0.29) is 35.8 Å². The van der Waals surface area contributed by atoms with Gasteiger partial charge < -0.3 is 15.1 Å².